The van der Waals surface area contributed by atoms with Gasteiger partial charge in [-0.3, -0.25) is 0 Å². The highest BCUT2D eigenvalue weighted by Crippen LogP contribution is 1.74. The van der Waals surface area contributed by atoms with E-state index >= 15 is 0 Å². The van der Waals surface area contributed by atoms with Crippen molar-refractivity contribution in [2.75, 3.05) is 19.8 Å². The molecule has 0 saturated carbocycles. The van der Waals surface area contributed by atoms with E-state index in [1.165, 1.54) is 0 Å². The first kappa shape index (κ1) is 8.65. The molecule has 0 fully saturated rings. The monoisotopic (exact) mass is 149 g/mol. The van der Waals surface area contributed by atoms with Crippen LogP contribution in [0.3, 0.4) is 0 Å². The lowest BCUT2D eigenvalue weighted by Gasteiger charge is -2.04. The summed E-state index contributed by atoms with van der Waals surface area (Å²) in [7, 11) is 0. The molecular formula is C5H11NO2S. The predicted molar refractivity (Wildman–Crippen MR) is 39.3 cm³/mol. The van der Waals surface area contributed by atoms with Gasteiger partial charge in [-0.1, -0.05) is 0 Å². The molecular weight excluding hydrogens is 138 g/mol. The molecule has 0 rings (SSSR count). The normalized spacial score (nSPS) is 8.67. The van der Waals surface area contributed by atoms with Gasteiger partial charge in [0.05, 0.1) is 13.2 Å². The number of thiocarbonyl (C=S) groups is 1. The molecule has 9 heavy (non-hydrogen) atoms. The minimum Gasteiger partial charge on any atom is -0.471 e. The predicted octanol–water partition coefficient (Wildman–Crippen LogP) is -0.110. The third-order valence-corrected chi connectivity index (χ3v) is 0.919. The molecule has 0 aromatic carbocycles. The van der Waals surface area contributed by atoms with Crippen LogP contribution in [0.4, 0.5) is 0 Å². The van der Waals surface area contributed by atoms with Crippen molar-refractivity contribution in [1.29, 1.82) is 0 Å². The Balaban J connectivity index is 3.06. The van der Waals surface area contributed by atoms with E-state index in [1.54, 1.807) is 0 Å². The van der Waals surface area contributed by atoms with Crippen LogP contribution in [0.5, 0.6) is 0 Å². The van der Waals surface area contributed by atoms with Crippen LogP contribution >= 0.6 is 12.2 Å². The summed E-state index contributed by atoms with van der Waals surface area (Å²) in [4.78, 5) is 0. The molecule has 0 saturated heterocycles. The molecule has 0 aromatic heterocycles. The summed E-state index contributed by atoms with van der Waals surface area (Å²) in [6.45, 7) is 2.95. The van der Waals surface area contributed by atoms with E-state index in [4.69, 9.17) is 9.84 Å². The highest BCUT2D eigenvalue weighted by molar-refractivity contribution is 7.80. The fourth-order valence-corrected chi connectivity index (χ4v) is 0.560. The van der Waals surface area contributed by atoms with Crippen molar-refractivity contribution >= 4 is 17.4 Å². The van der Waals surface area contributed by atoms with Gasteiger partial charge in [-0.15, -0.1) is 0 Å². The molecule has 0 radical (unpaired) electrons. The second kappa shape index (κ2) is 5.78. The Bertz CT molecular complexity index is 87.0. The number of hydrogen-bond donors (Lipinski definition) is 2. The van der Waals surface area contributed by atoms with E-state index in [-0.39, 0.29) is 6.61 Å². The fraction of sp³-hybridized carbons (Fsp3) is 0.800. The SMILES string of the molecule is CCOC(=S)NCCO. The molecule has 0 spiro atoms. The van der Waals surface area contributed by atoms with Crippen LogP contribution in [0.25, 0.3) is 0 Å². The number of rotatable bonds is 3. The molecule has 0 atom stereocenters. The van der Waals surface area contributed by atoms with Gasteiger partial charge in [-0.2, -0.15) is 0 Å². The van der Waals surface area contributed by atoms with Crippen molar-refractivity contribution in [1.82, 2.24) is 5.32 Å². The summed E-state index contributed by atoms with van der Waals surface area (Å²) < 4.78 is 4.85. The van der Waals surface area contributed by atoms with E-state index in [1.807, 2.05) is 6.92 Å². The average Bonchev–Trinajstić information content (AvgIpc) is 1.85. The quantitative estimate of drug-likeness (QED) is 0.549. The molecule has 0 bridgehead atoms. The van der Waals surface area contributed by atoms with Gasteiger partial charge in [0.2, 0.25) is 0 Å². The molecule has 0 aliphatic rings. The first-order valence-electron chi connectivity index (χ1n) is 2.82. The highest BCUT2D eigenvalue weighted by atomic mass is 32.1. The molecule has 0 heterocycles. The maximum atomic E-state index is 8.31. The maximum absolute atomic E-state index is 8.31. The Morgan fingerprint density at radius 1 is 1.78 bits per heavy atom. The molecule has 0 aliphatic heterocycles. The molecule has 4 heteroatoms. The Hall–Kier alpha value is -0.350. The fourth-order valence-electron chi connectivity index (χ4n) is 0.340. The lowest BCUT2D eigenvalue weighted by Crippen LogP contribution is -2.26. The van der Waals surface area contributed by atoms with Crippen molar-refractivity contribution in [2.24, 2.45) is 0 Å². The number of hydrogen-bond acceptors (Lipinski definition) is 3. The lowest BCUT2D eigenvalue weighted by molar-refractivity contribution is 0.284. The summed E-state index contributed by atoms with van der Waals surface area (Å²) in [5.41, 5.74) is 0. The lowest BCUT2D eigenvalue weighted by atomic mass is 10.7. The minimum atomic E-state index is 0.0766. The van der Waals surface area contributed by atoms with Crippen LogP contribution in [0.2, 0.25) is 0 Å². The first-order chi connectivity index (χ1) is 4.31. The van der Waals surface area contributed by atoms with Gasteiger partial charge in [0.25, 0.3) is 5.17 Å². The summed E-state index contributed by atoms with van der Waals surface area (Å²) in [5, 5.41) is 11.4. The van der Waals surface area contributed by atoms with Gasteiger partial charge in [-0.05, 0) is 19.1 Å². The molecule has 0 aromatic rings. The van der Waals surface area contributed by atoms with Crippen molar-refractivity contribution in [3.63, 3.8) is 0 Å². The molecule has 0 unspecified atom stereocenters. The molecule has 3 nitrogen and oxygen atoms in total. The minimum absolute atomic E-state index is 0.0766. The first-order valence-corrected chi connectivity index (χ1v) is 3.23. The van der Waals surface area contributed by atoms with Crippen LogP contribution < -0.4 is 5.32 Å². The van der Waals surface area contributed by atoms with Crippen LogP contribution in [-0.2, 0) is 4.74 Å². The second-order valence-electron chi connectivity index (χ2n) is 1.37. The molecule has 0 amide bonds. The van der Waals surface area contributed by atoms with Crippen molar-refractivity contribution < 1.29 is 9.84 Å². The van der Waals surface area contributed by atoms with Gasteiger partial charge in [0, 0.05) is 6.54 Å². The van der Waals surface area contributed by atoms with E-state index in [9.17, 15) is 0 Å². The summed E-state index contributed by atoms with van der Waals surface area (Å²) in [6.07, 6.45) is 0. The number of ether oxygens (including phenoxy) is 1. The Morgan fingerprint density at radius 3 is 2.89 bits per heavy atom. The summed E-state index contributed by atoms with van der Waals surface area (Å²) in [5.74, 6) is 0. The maximum Gasteiger partial charge on any atom is 0.256 e. The van der Waals surface area contributed by atoms with Crippen LogP contribution in [-0.4, -0.2) is 30.0 Å². The van der Waals surface area contributed by atoms with Crippen molar-refractivity contribution in [3.8, 4) is 0 Å². The Labute approximate surface area is 60.0 Å². The van der Waals surface area contributed by atoms with E-state index in [0.29, 0.717) is 18.3 Å². The van der Waals surface area contributed by atoms with Crippen LogP contribution in [0.1, 0.15) is 6.92 Å². The zero-order chi connectivity index (χ0) is 7.11. The van der Waals surface area contributed by atoms with Gasteiger partial charge >= 0.3 is 0 Å². The van der Waals surface area contributed by atoms with Gasteiger partial charge < -0.3 is 15.2 Å². The number of aliphatic hydroxyl groups is 1. The van der Waals surface area contributed by atoms with Crippen molar-refractivity contribution in [3.05, 3.63) is 0 Å². The zero-order valence-electron chi connectivity index (χ0n) is 5.39. The van der Waals surface area contributed by atoms with Gasteiger partial charge in [0.1, 0.15) is 0 Å². The molecule has 54 valence electrons. The highest BCUT2D eigenvalue weighted by Gasteiger charge is 1.90. The average molecular weight is 149 g/mol. The Kier molecular flexibility index (Phi) is 5.56. The smallest absolute Gasteiger partial charge is 0.256 e. The second-order valence-corrected chi connectivity index (χ2v) is 1.74. The number of aliphatic hydroxyl groups excluding tert-OH is 1. The Morgan fingerprint density at radius 2 is 2.44 bits per heavy atom. The molecule has 2 N–H and O–H groups in total. The zero-order valence-corrected chi connectivity index (χ0v) is 6.20. The summed E-state index contributed by atoms with van der Waals surface area (Å²) in [6, 6.07) is 0. The van der Waals surface area contributed by atoms with Crippen molar-refractivity contribution in [2.45, 2.75) is 6.92 Å². The van der Waals surface area contributed by atoms with E-state index in [2.05, 4.69) is 17.5 Å². The third kappa shape index (κ3) is 5.52. The standard InChI is InChI=1S/C5H11NO2S/c1-2-8-5(9)6-3-4-7/h7H,2-4H2,1H3,(H,6,9). The summed E-state index contributed by atoms with van der Waals surface area (Å²) >= 11 is 4.67. The molecule has 0 aliphatic carbocycles. The van der Waals surface area contributed by atoms with Gasteiger partial charge in [-0.25, -0.2) is 0 Å². The van der Waals surface area contributed by atoms with Crippen LogP contribution in [0.15, 0.2) is 0 Å². The topological polar surface area (TPSA) is 41.5 Å². The van der Waals surface area contributed by atoms with Crippen LogP contribution in [0, 0.1) is 0 Å². The van der Waals surface area contributed by atoms with E-state index in [0.717, 1.165) is 0 Å². The van der Waals surface area contributed by atoms with Gasteiger partial charge in [0.15, 0.2) is 0 Å². The van der Waals surface area contributed by atoms with E-state index < -0.39 is 0 Å². The number of nitrogens with one attached hydrogen (secondary N) is 1. The largest absolute Gasteiger partial charge is 0.471 e. The third-order valence-electron chi connectivity index (χ3n) is 0.657.